The quantitative estimate of drug-likeness (QED) is 0.761. The molecule has 16 heavy (non-hydrogen) atoms. The molecule has 6 heteroatoms. The van der Waals surface area contributed by atoms with Gasteiger partial charge in [-0.2, -0.15) is 8.42 Å². The van der Waals surface area contributed by atoms with Crippen molar-refractivity contribution < 1.29 is 17.1 Å². The van der Waals surface area contributed by atoms with Crippen LogP contribution in [-0.4, -0.2) is 14.3 Å². The van der Waals surface area contributed by atoms with Crippen LogP contribution in [0.5, 0.6) is 0 Å². The van der Waals surface area contributed by atoms with Gasteiger partial charge in [0.05, 0.1) is 10.3 Å². The van der Waals surface area contributed by atoms with Gasteiger partial charge in [0.2, 0.25) is 5.91 Å². The van der Waals surface area contributed by atoms with E-state index in [1.165, 1.54) is 12.1 Å². The van der Waals surface area contributed by atoms with Crippen LogP contribution in [0.1, 0.15) is 19.4 Å². The van der Waals surface area contributed by atoms with Crippen LogP contribution in [0, 0.1) is 0 Å². The van der Waals surface area contributed by atoms with E-state index in [1.54, 1.807) is 13.8 Å². The molecule has 2 rings (SSSR count). The Morgan fingerprint density at radius 2 is 1.94 bits per heavy atom. The first-order chi connectivity index (χ1) is 7.23. The number of nitrogens with one attached hydrogen (secondary N) is 1. The lowest BCUT2D eigenvalue weighted by molar-refractivity contribution is -0.119. The largest absolute Gasteiger partial charge is 0.332 e. The van der Waals surface area contributed by atoms with Crippen LogP contribution in [0.4, 0.5) is 9.57 Å². The van der Waals surface area contributed by atoms with Gasteiger partial charge in [-0.05, 0) is 37.6 Å². The molecule has 1 amide bonds. The van der Waals surface area contributed by atoms with E-state index < -0.39 is 20.5 Å². The highest BCUT2D eigenvalue weighted by Crippen LogP contribution is 2.38. The number of anilines is 1. The summed E-state index contributed by atoms with van der Waals surface area (Å²) < 4.78 is 34.3. The average Bonchev–Trinajstić information content (AvgIpc) is 2.37. The molecule has 1 heterocycles. The van der Waals surface area contributed by atoms with E-state index in [0.29, 0.717) is 11.3 Å². The number of carbonyl (C=O) groups excluding carboxylic acids is 1. The maximum Gasteiger partial charge on any atom is 0.332 e. The van der Waals surface area contributed by atoms with Crippen LogP contribution in [0.25, 0.3) is 0 Å². The number of fused-ring (bicyclic) bond motifs is 1. The maximum absolute atomic E-state index is 12.8. The second kappa shape index (κ2) is 3.04. The van der Waals surface area contributed by atoms with Crippen molar-refractivity contribution in [1.82, 2.24) is 0 Å². The van der Waals surface area contributed by atoms with Crippen molar-refractivity contribution >= 4 is 21.8 Å². The molecule has 0 unspecified atom stereocenters. The molecule has 0 radical (unpaired) electrons. The highest BCUT2D eigenvalue weighted by atomic mass is 32.3. The van der Waals surface area contributed by atoms with Crippen molar-refractivity contribution in [3.63, 3.8) is 0 Å². The summed E-state index contributed by atoms with van der Waals surface area (Å²) >= 11 is 0. The summed E-state index contributed by atoms with van der Waals surface area (Å²) in [6.07, 6.45) is 0. The number of amides is 1. The zero-order valence-electron chi connectivity index (χ0n) is 8.74. The molecule has 0 aromatic heterocycles. The van der Waals surface area contributed by atoms with Gasteiger partial charge in [0, 0.05) is 5.69 Å². The predicted molar refractivity (Wildman–Crippen MR) is 56.4 cm³/mol. The van der Waals surface area contributed by atoms with E-state index in [9.17, 15) is 17.1 Å². The second-order valence-electron chi connectivity index (χ2n) is 4.22. The van der Waals surface area contributed by atoms with Gasteiger partial charge in [-0.1, -0.05) is 0 Å². The first-order valence-electron chi connectivity index (χ1n) is 4.63. The second-order valence-corrected chi connectivity index (χ2v) is 5.57. The van der Waals surface area contributed by atoms with Crippen molar-refractivity contribution in [2.45, 2.75) is 24.2 Å². The fraction of sp³-hybridized carbons (Fsp3) is 0.300. The van der Waals surface area contributed by atoms with Gasteiger partial charge in [-0.3, -0.25) is 4.79 Å². The SMILES string of the molecule is CC1(C)C(=O)Nc2ccc(S(=O)(=O)F)cc21. The summed E-state index contributed by atoms with van der Waals surface area (Å²) in [5.74, 6) is -0.226. The average molecular weight is 243 g/mol. The molecule has 0 fully saturated rings. The smallest absolute Gasteiger partial charge is 0.325 e. The van der Waals surface area contributed by atoms with Crippen LogP contribution < -0.4 is 5.32 Å². The van der Waals surface area contributed by atoms with Gasteiger partial charge in [-0.25, -0.2) is 0 Å². The lowest BCUT2D eigenvalue weighted by Crippen LogP contribution is -2.26. The normalized spacial score (nSPS) is 18.1. The summed E-state index contributed by atoms with van der Waals surface area (Å²) in [7, 11) is -4.73. The third-order valence-electron chi connectivity index (χ3n) is 2.76. The van der Waals surface area contributed by atoms with Gasteiger partial charge in [0.1, 0.15) is 0 Å². The summed E-state index contributed by atoms with van der Waals surface area (Å²) in [5.41, 5.74) is 0.189. The standard InChI is InChI=1S/C10H10FNO3S/c1-10(2)7-5-6(16(11,14)15)3-4-8(7)12-9(10)13/h3-5H,1-2H3,(H,12,13). The molecule has 0 saturated heterocycles. The fourth-order valence-corrected chi connectivity index (χ4v) is 2.19. The molecule has 4 nitrogen and oxygen atoms in total. The third-order valence-corrected chi connectivity index (χ3v) is 3.58. The fourth-order valence-electron chi connectivity index (χ4n) is 1.70. The molecule has 1 aromatic carbocycles. The monoisotopic (exact) mass is 243 g/mol. The highest BCUT2D eigenvalue weighted by molar-refractivity contribution is 7.86. The van der Waals surface area contributed by atoms with Crippen molar-refractivity contribution in [3.8, 4) is 0 Å². The zero-order chi connectivity index (χ0) is 12.1. The van der Waals surface area contributed by atoms with Crippen LogP contribution in [0.2, 0.25) is 0 Å². The first-order valence-corrected chi connectivity index (χ1v) is 6.02. The molecule has 0 spiro atoms. The van der Waals surface area contributed by atoms with Crippen LogP contribution in [0.3, 0.4) is 0 Å². The Balaban J connectivity index is 2.66. The number of benzene rings is 1. The van der Waals surface area contributed by atoms with E-state index in [2.05, 4.69) is 5.32 Å². The number of rotatable bonds is 1. The van der Waals surface area contributed by atoms with Crippen LogP contribution >= 0.6 is 0 Å². The number of halogens is 1. The van der Waals surface area contributed by atoms with Crippen molar-refractivity contribution in [1.29, 1.82) is 0 Å². The lowest BCUT2D eigenvalue weighted by atomic mass is 9.86. The molecular weight excluding hydrogens is 233 g/mol. The maximum atomic E-state index is 12.8. The predicted octanol–water partition coefficient (Wildman–Crippen LogP) is 1.57. The topological polar surface area (TPSA) is 63.2 Å². The third kappa shape index (κ3) is 1.49. The summed E-state index contributed by atoms with van der Waals surface area (Å²) in [4.78, 5) is 11.1. The van der Waals surface area contributed by atoms with Gasteiger partial charge in [-0.15, -0.1) is 3.89 Å². The molecular formula is C10H10FNO3S. The van der Waals surface area contributed by atoms with Crippen molar-refractivity contribution in [2.24, 2.45) is 0 Å². The molecule has 0 atom stereocenters. The molecule has 1 aromatic rings. The minimum Gasteiger partial charge on any atom is -0.325 e. The molecule has 1 aliphatic heterocycles. The summed E-state index contributed by atoms with van der Waals surface area (Å²) in [6.45, 7) is 3.31. The Morgan fingerprint density at radius 3 is 2.50 bits per heavy atom. The van der Waals surface area contributed by atoms with Gasteiger partial charge in [0.15, 0.2) is 0 Å². The van der Waals surface area contributed by atoms with E-state index in [4.69, 9.17) is 0 Å². The van der Waals surface area contributed by atoms with Crippen molar-refractivity contribution in [2.75, 3.05) is 5.32 Å². The lowest BCUT2D eigenvalue weighted by Gasteiger charge is -2.14. The Morgan fingerprint density at radius 1 is 1.31 bits per heavy atom. The van der Waals surface area contributed by atoms with Gasteiger partial charge < -0.3 is 5.32 Å². The Kier molecular flexibility index (Phi) is 2.10. The minimum atomic E-state index is -4.73. The minimum absolute atomic E-state index is 0.226. The Hall–Kier alpha value is -1.43. The summed E-state index contributed by atoms with van der Waals surface area (Å²) in [6, 6.07) is 3.73. The number of carbonyl (C=O) groups is 1. The highest BCUT2D eigenvalue weighted by Gasteiger charge is 2.39. The Bertz CT molecular complexity index is 578. The van der Waals surface area contributed by atoms with E-state index in [-0.39, 0.29) is 5.91 Å². The van der Waals surface area contributed by atoms with E-state index in [1.807, 2.05) is 0 Å². The number of hydrogen-bond acceptors (Lipinski definition) is 3. The van der Waals surface area contributed by atoms with Crippen LogP contribution in [-0.2, 0) is 20.4 Å². The van der Waals surface area contributed by atoms with Gasteiger partial charge >= 0.3 is 10.2 Å². The van der Waals surface area contributed by atoms with E-state index in [0.717, 1.165) is 6.07 Å². The molecule has 0 saturated carbocycles. The van der Waals surface area contributed by atoms with Crippen molar-refractivity contribution in [3.05, 3.63) is 23.8 Å². The zero-order valence-corrected chi connectivity index (χ0v) is 9.56. The molecule has 0 bridgehead atoms. The van der Waals surface area contributed by atoms with E-state index >= 15 is 0 Å². The Labute approximate surface area is 92.7 Å². The molecule has 1 N–H and O–H groups in total. The molecule has 1 aliphatic rings. The van der Waals surface area contributed by atoms with Gasteiger partial charge in [0.25, 0.3) is 0 Å². The van der Waals surface area contributed by atoms with Crippen LogP contribution in [0.15, 0.2) is 23.1 Å². The summed E-state index contributed by atoms with van der Waals surface area (Å²) in [5, 5.41) is 2.61. The first kappa shape index (κ1) is 11.1. The number of hydrogen-bond donors (Lipinski definition) is 1. The molecule has 0 aliphatic carbocycles. The molecule has 86 valence electrons.